The lowest BCUT2D eigenvalue weighted by Crippen LogP contribution is -2.33. The van der Waals surface area contributed by atoms with E-state index in [0.717, 1.165) is 11.2 Å². The summed E-state index contributed by atoms with van der Waals surface area (Å²) in [4.78, 5) is 0. The highest BCUT2D eigenvalue weighted by atomic mass is 16.3. The van der Waals surface area contributed by atoms with E-state index in [1.165, 1.54) is 40.3 Å². The molecule has 0 amide bonds. The first-order chi connectivity index (χ1) is 11.5. The van der Waals surface area contributed by atoms with Crippen molar-refractivity contribution in [2.45, 2.75) is 77.6 Å². The van der Waals surface area contributed by atoms with Gasteiger partial charge < -0.3 is 4.42 Å². The summed E-state index contributed by atoms with van der Waals surface area (Å²) in [6.07, 6.45) is 2.46. The summed E-state index contributed by atoms with van der Waals surface area (Å²) < 4.78 is 6.44. The average molecular weight is 335 g/mol. The van der Waals surface area contributed by atoms with Crippen molar-refractivity contribution < 1.29 is 4.42 Å². The Labute approximate surface area is 151 Å². The van der Waals surface area contributed by atoms with Crippen LogP contribution in [0.1, 0.15) is 78.0 Å². The third kappa shape index (κ3) is 2.35. The van der Waals surface area contributed by atoms with Gasteiger partial charge in [-0.15, -0.1) is 0 Å². The van der Waals surface area contributed by atoms with E-state index < -0.39 is 0 Å². The summed E-state index contributed by atoms with van der Waals surface area (Å²) in [6, 6.07) is 11.2. The summed E-state index contributed by atoms with van der Waals surface area (Å²) in [5.41, 5.74) is 6.88. The molecule has 0 fully saturated rings. The Balaban J connectivity index is 2.19. The van der Waals surface area contributed by atoms with Gasteiger partial charge in [-0.3, -0.25) is 0 Å². The summed E-state index contributed by atoms with van der Waals surface area (Å²) in [5, 5.41) is 2.63. The van der Waals surface area contributed by atoms with Crippen molar-refractivity contribution in [3.63, 3.8) is 0 Å². The number of rotatable bonds is 0. The van der Waals surface area contributed by atoms with E-state index in [1.54, 1.807) is 0 Å². The molecule has 1 nitrogen and oxygen atoms in total. The standard InChI is InChI=1S/C24H30O/c1-22(2,3)17-10-8-9-15-19-18(25-21(15)17)12-11-16-20(19)24(6,7)14-13-23(16,4)5/h8-12H,13-14H2,1-7H3. The molecule has 4 rings (SSSR count). The first-order valence-corrected chi connectivity index (χ1v) is 9.52. The maximum absolute atomic E-state index is 6.44. The van der Waals surface area contributed by atoms with Crippen LogP contribution < -0.4 is 0 Å². The third-order valence-electron chi connectivity index (χ3n) is 6.25. The average Bonchev–Trinajstić information content (AvgIpc) is 2.88. The van der Waals surface area contributed by atoms with Crippen molar-refractivity contribution in [2.75, 3.05) is 0 Å². The third-order valence-corrected chi connectivity index (χ3v) is 6.25. The summed E-state index contributed by atoms with van der Waals surface area (Å²) in [7, 11) is 0. The number of fused-ring (bicyclic) bond motifs is 5. The van der Waals surface area contributed by atoms with Gasteiger partial charge in [-0.05, 0) is 46.3 Å². The Morgan fingerprint density at radius 2 is 1.56 bits per heavy atom. The number of benzene rings is 2. The zero-order chi connectivity index (χ0) is 18.2. The molecule has 1 aliphatic carbocycles. The van der Waals surface area contributed by atoms with E-state index in [2.05, 4.69) is 78.8 Å². The molecule has 0 saturated carbocycles. The van der Waals surface area contributed by atoms with Crippen LogP contribution in [0.5, 0.6) is 0 Å². The van der Waals surface area contributed by atoms with Gasteiger partial charge in [0.25, 0.3) is 0 Å². The molecular weight excluding hydrogens is 304 g/mol. The van der Waals surface area contributed by atoms with Crippen molar-refractivity contribution in [3.8, 4) is 0 Å². The van der Waals surface area contributed by atoms with Crippen molar-refractivity contribution in [2.24, 2.45) is 0 Å². The van der Waals surface area contributed by atoms with Crippen molar-refractivity contribution in [1.29, 1.82) is 0 Å². The smallest absolute Gasteiger partial charge is 0.139 e. The van der Waals surface area contributed by atoms with Crippen LogP contribution in [-0.4, -0.2) is 0 Å². The Morgan fingerprint density at radius 3 is 2.24 bits per heavy atom. The van der Waals surface area contributed by atoms with Gasteiger partial charge in [-0.1, -0.05) is 72.7 Å². The molecular formula is C24H30O. The summed E-state index contributed by atoms with van der Waals surface area (Å²) >= 11 is 0. The van der Waals surface area contributed by atoms with Gasteiger partial charge in [-0.2, -0.15) is 0 Å². The molecule has 0 N–H and O–H groups in total. The van der Waals surface area contributed by atoms with Gasteiger partial charge in [0.2, 0.25) is 0 Å². The minimum absolute atomic E-state index is 0.0717. The Morgan fingerprint density at radius 1 is 0.880 bits per heavy atom. The molecule has 1 aliphatic rings. The molecule has 0 bridgehead atoms. The minimum atomic E-state index is 0.0717. The predicted molar refractivity (Wildman–Crippen MR) is 108 cm³/mol. The lowest BCUT2D eigenvalue weighted by atomic mass is 9.62. The maximum atomic E-state index is 6.44. The molecule has 0 unspecified atom stereocenters. The number of hydrogen-bond acceptors (Lipinski definition) is 1. The zero-order valence-electron chi connectivity index (χ0n) is 16.7. The minimum Gasteiger partial charge on any atom is -0.456 e. The Bertz CT molecular complexity index is 977. The second-order valence-electron chi connectivity index (χ2n) is 10.2. The van der Waals surface area contributed by atoms with E-state index in [4.69, 9.17) is 4.42 Å². The normalized spacial score (nSPS) is 19.3. The van der Waals surface area contributed by atoms with Crippen molar-refractivity contribution in [3.05, 3.63) is 47.0 Å². The van der Waals surface area contributed by atoms with Crippen molar-refractivity contribution >= 4 is 21.9 Å². The van der Waals surface area contributed by atoms with Crippen molar-refractivity contribution in [1.82, 2.24) is 0 Å². The Hall–Kier alpha value is -1.76. The van der Waals surface area contributed by atoms with Crippen LogP contribution >= 0.6 is 0 Å². The van der Waals surface area contributed by atoms with Crippen LogP contribution in [0.15, 0.2) is 34.7 Å². The lowest BCUT2D eigenvalue weighted by molar-refractivity contribution is 0.334. The molecule has 1 heteroatoms. The second kappa shape index (κ2) is 4.90. The van der Waals surface area contributed by atoms with Crippen LogP contribution in [0.25, 0.3) is 21.9 Å². The molecule has 2 aromatic carbocycles. The highest BCUT2D eigenvalue weighted by Crippen LogP contribution is 2.50. The quantitative estimate of drug-likeness (QED) is 0.422. The van der Waals surface area contributed by atoms with E-state index in [0.29, 0.717) is 0 Å². The van der Waals surface area contributed by atoms with Gasteiger partial charge in [0.15, 0.2) is 0 Å². The maximum Gasteiger partial charge on any atom is 0.139 e. The summed E-state index contributed by atoms with van der Waals surface area (Å²) in [5.74, 6) is 0. The topological polar surface area (TPSA) is 13.1 Å². The molecule has 3 aromatic rings. The number of hydrogen-bond donors (Lipinski definition) is 0. The molecule has 0 saturated heterocycles. The first-order valence-electron chi connectivity index (χ1n) is 9.52. The molecule has 0 aliphatic heterocycles. The number of furan rings is 1. The van der Waals surface area contributed by atoms with Crippen LogP contribution in [0.2, 0.25) is 0 Å². The van der Waals surface area contributed by atoms with E-state index in [1.807, 2.05) is 0 Å². The fourth-order valence-electron chi connectivity index (χ4n) is 4.63. The highest BCUT2D eigenvalue weighted by Gasteiger charge is 2.39. The first kappa shape index (κ1) is 16.7. The Kier molecular flexibility index (Phi) is 3.27. The molecule has 132 valence electrons. The zero-order valence-corrected chi connectivity index (χ0v) is 16.7. The molecule has 0 spiro atoms. The van der Waals surface area contributed by atoms with Gasteiger partial charge in [0.05, 0.1) is 0 Å². The van der Waals surface area contributed by atoms with Crippen LogP contribution in [-0.2, 0) is 16.2 Å². The largest absolute Gasteiger partial charge is 0.456 e. The number of para-hydroxylation sites is 1. The molecule has 0 atom stereocenters. The van der Waals surface area contributed by atoms with Gasteiger partial charge >= 0.3 is 0 Å². The van der Waals surface area contributed by atoms with Crippen LogP contribution in [0, 0.1) is 0 Å². The van der Waals surface area contributed by atoms with Gasteiger partial charge in [0.1, 0.15) is 11.2 Å². The monoisotopic (exact) mass is 334 g/mol. The van der Waals surface area contributed by atoms with E-state index in [-0.39, 0.29) is 16.2 Å². The molecule has 25 heavy (non-hydrogen) atoms. The molecule has 0 radical (unpaired) electrons. The molecule has 1 aromatic heterocycles. The van der Waals surface area contributed by atoms with Gasteiger partial charge in [-0.25, -0.2) is 0 Å². The SMILES string of the molecule is CC(C)(C)c1cccc2c1oc1ccc3c(c12)C(C)(C)CCC3(C)C. The van der Waals surface area contributed by atoms with E-state index >= 15 is 0 Å². The summed E-state index contributed by atoms with van der Waals surface area (Å²) in [6.45, 7) is 16.3. The fourth-order valence-corrected chi connectivity index (χ4v) is 4.63. The fraction of sp³-hybridized carbons (Fsp3) is 0.500. The van der Waals surface area contributed by atoms with Crippen LogP contribution in [0.3, 0.4) is 0 Å². The molecule has 1 heterocycles. The van der Waals surface area contributed by atoms with E-state index in [9.17, 15) is 0 Å². The van der Waals surface area contributed by atoms with Gasteiger partial charge in [0, 0.05) is 16.3 Å². The highest BCUT2D eigenvalue weighted by molar-refractivity contribution is 6.09. The second-order valence-corrected chi connectivity index (χ2v) is 10.2. The predicted octanol–water partition coefficient (Wildman–Crippen LogP) is 7.23. The van der Waals surface area contributed by atoms with Crippen LogP contribution in [0.4, 0.5) is 0 Å². The lowest BCUT2D eigenvalue weighted by Gasteiger charge is -2.42.